The number of amides is 1. The van der Waals surface area contributed by atoms with Gasteiger partial charge in [-0.1, -0.05) is 50.2 Å². The van der Waals surface area contributed by atoms with Gasteiger partial charge in [-0.05, 0) is 29.8 Å². The van der Waals surface area contributed by atoms with Crippen molar-refractivity contribution in [3.05, 3.63) is 83.4 Å². The van der Waals surface area contributed by atoms with Crippen LogP contribution in [0.3, 0.4) is 0 Å². The molecule has 6 N–H and O–H groups in total. The smallest absolute Gasteiger partial charge is 0.211 e. The van der Waals surface area contributed by atoms with Crippen molar-refractivity contribution in [2.75, 3.05) is 55.0 Å². The molecule has 12 nitrogen and oxygen atoms in total. The average Bonchev–Trinajstić information content (AvgIpc) is 3.50. The average molecular weight is 586 g/mol. The first-order valence-electron chi connectivity index (χ1n) is 14.0. The second-order valence-corrected chi connectivity index (χ2v) is 11.0. The van der Waals surface area contributed by atoms with E-state index in [1.54, 1.807) is 24.3 Å². The van der Waals surface area contributed by atoms with Crippen LogP contribution >= 0.6 is 0 Å². The molecule has 1 aliphatic heterocycles. The minimum absolute atomic E-state index is 0.0437. The van der Waals surface area contributed by atoms with Crippen molar-refractivity contribution in [1.29, 1.82) is 5.41 Å². The number of ether oxygens (including phenoxy) is 1. The van der Waals surface area contributed by atoms with Gasteiger partial charge < -0.3 is 30.9 Å². The topological polar surface area (TPSA) is 167 Å². The van der Waals surface area contributed by atoms with Gasteiger partial charge >= 0.3 is 0 Å². The Labute approximate surface area is 251 Å². The number of nitrogens with zero attached hydrogens (tertiary/aromatic N) is 4. The number of nitrogens with two attached hydrogens (primary N) is 1. The Morgan fingerprint density at radius 2 is 1.72 bits per heavy atom. The van der Waals surface area contributed by atoms with Gasteiger partial charge in [0.05, 0.1) is 24.5 Å². The maximum atomic E-state index is 10.6. The van der Waals surface area contributed by atoms with Crippen molar-refractivity contribution >= 4 is 41.0 Å². The fraction of sp³-hybridized carbons (Fsp3) is 0.323. The second kappa shape index (κ2) is 14.4. The van der Waals surface area contributed by atoms with Crippen LogP contribution < -0.4 is 21.7 Å². The highest BCUT2D eigenvalue weighted by Crippen LogP contribution is 2.26. The van der Waals surface area contributed by atoms with E-state index in [1.165, 1.54) is 11.9 Å². The highest BCUT2D eigenvalue weighted by atomic mass is 16.5. The van der Waals surface area contributed by atoms with Crippen LogP contribution in [-0.4, -0.2) is 65.5 Å². The summed E-state index contributed by atoms with van der Waals surface area (Å²) in [6, 6.07) is 17.0. The fourth-order valence-corrected chi connectivity index (χ4v) is 4.28. The van der Waals surface area contributed by atoms with Crippen LogP contribution in [0, 0.1) is 5.41 Å². The molecule has 12 heteroatoms. The van der Waals surface area contributed by atoms with Gasteiger partial charge in [0.25, 0.3) is 0 Å². The first-order valence-corrected chi connectivity index (χ1v) is 14.0. The summed E-state index contributed by atoms with van der Waals surface area (Å²) in [6.45, 7) is 10.5. The molecule has 0 spiro atoms. The van der Waals surface area contributed by atoms with Crippen molar-refractivity contribution in [2.24, 2.45) is 0 Å². The van der Waals surface area contributed by atoms with E-state index >= 15 is 0 Å². The molecule has 3 heterocycles. The van der Waals surface area contributed by atoms with Crippen molar-refractivity contribution in [3.8, 4) is 0 Å². The van der Waals surface area contributed by atoms with Crippen molar-refractivity contribution in [2.45, 2.75) is 32.7 Å². The van der Waals surface area contributed by atoms with Crippen LogP contribution in [-0.2, 0) is 21.5 Å². The van der Waals surface area contributed by atoms with E-state index in [2.05, 4.69) is 56.7 Å². The Kier molecular flexibility index (Phi) is 10.4. The highest BCUT2D eigenvalue weighted by molar-refractivity contribution is 6.16. The zero-order chi connectivity index (χ0) is 30.8. The highest BCUT2D eigenvalue weighted by Gasteiger charge is 2.19. The first-order chi connectivity index (χ1) is 20.7. The normalized spacial score (nSPS) is 13.4. The molecular formula is C31H39N9O3. The Morgan fingerprint density at radius 1 is 1.05 bits per heavy atom. The summed E-state index contributed by atoms with van der Waals surface area (Å²) >= 11 is 0. The van der Waals surface area contributed by atoms with Crippen LogP contribution in [0.5, 0.6) is 0 Å². The third-order valence-corrected chi connectivity index (χ3v) is 6.76. The summed E-state index contributed by atoms with van der Waals surface area (Å²) in [4.78, 5) is 21.3. The molecule has 0 unspecified atom stereocenters. The van der Waals surface area contributed by atoms with E-state index in [0.717, 1.165) is 55.7 Å². The first kappa shape index (κ1) is 31.1. The maximum absolute atomic E-state index is 10.6. The van der Waals surface area contributed by atoms with Crippen molar-refractivity contribution < 1.29 is 14.1 Å². The molecule has 4 aromatic rings. The van der Waals surface area contributed by atoms with Gasteiger partial charge in [0.1, 0.15) is 23.7 Å². The number of morpholine rings is 1. The number of hydrogen-bond donors (Lipinski definition) is 5. The summed E-state index contributed by atoms with van der Waals surface area (Å²) < 4.78 is 10.5. The van der Waals surface area contributed by atoms with Gasteiger partial charge in [-0.2, -0.15) is 0 Å². The maximum Gasteiger partial charge on any atom is 0.211 e. The summed E-state index contributed by atoms with van der Waals surface area (Å²) in [5.41, 5.74) is 10.2. The molecule has 1 aliphatic rings. The van der Waals surface area contributed by atoms with E-state index < -0.39 is 0 Å². The number of carbonyl (C=O) groups is 1. The molecule has 2 aromatic heterocycles. The molecule has 0 bridgehead atoms. The van der Waals surface area contributed by atoms with Crippen LogP contribution in [0.4, 0.5) is 28.8 Å². The fourth-order valence-electron chi connectivity index (χ4n) is 4.28. The van der Waals surface area contributed by atoms with E-state index in [-0.39, 0.29) is 16.9 Å². The van der Waals surface area contributed by atoms with E-state index in [0.29, 0.717) is 23.5 Å². The lowest BCUT2D eigenvalue weighted by Crippen LogP contribution is -2.35. The molecule has 43 heavy (non-hydrogen) atoms. The Bertz CT molecular complexity index is 1490. The molecule has 1 fully saturated rings. The number of aromatic nitrogens is 3. The number of hydrogen-bond acceptors (Lipinski definition) is 11. The molecule has 1 amide bonds. The summed E-state index contributed by atoms with van der Waals surface area (Å²) in [5.74, 6) is 2.36. The minimum Gasteiger partial charge on any atom is -0.383 e. The van der Waals surface area contributed by atoms with Crippen LogP contribution in [0.2, 0.25) is 0 Å². The summed E-state index contributed by atoms with van der Waals surface area (Å²) in [5, 5.41) is 21.3. The molecule has 0 atom stereocenters. The van der Waals surface area contributed by atoms with Gasteiger partial charge in [0, 0.05) is 55.1 Å². The zero-order valence-electron chi connectivity index (χ0n) is 25.0. The van der Waals surface area contributed by atoms with E-state index in [9.17, 15) is 4.79 Å². The summed E-state index contributed by atoms with van der Waals surface area (Å²) in [6.07, 6.45) is 1.99. The molecule has 1 saturated heterocycles. The molecule has 226 valence electrons. The predicted molar refractivity (Wildman–Crippen MR) is 169 cm³/mol. The Hall–Kier alpha value is -4.81. The van der Waals surface area contributed by atoms with Crippen LogP contribution in [0.1, 0.15) is 43.2 Å². The van der Waals surface area contributed by atoms with Crippen molar-refractivity contribution in [1.82, 2.24) is 20.0 Å². The third kappa shape index (κ3) is 8.60. The molecule has 0 aliphatic carbocycles. The van der Waals surface area contributed by atoms with Gasteiger partial charge in [-0.3, -0.25) is 15.1 Å². The second-order valence-electron chi connectivity index (χ2n) is 11.0. The minimum atomic E-state index is 0.0437. The SMILES string of the molecule is CNc1cc(C(C)(C)C)on1.N=C(c1ccc(CN2CCOCC2)cc1)c1c(N)ncnc1Nc1ccc(NC=O)cc1. The van der Waals surface area contributed by atoms with Gasteiger partial charge in [-0.15, -0.1) is 0 Å². The number of carbonyl (C=O) groups excluding carboxylic acids is 1. The van der Waals surface area contributed by atoms with Crippen LogP contribution in [0.15, 0.2) is 65.4 Å². The number of benzene rings is 2. The molecule has 0 radical (unpaired) electrons. The molecule has 5 rings (SSSR count). The van der Waals surface area contributed by atoms with Crippen molar-refractivity contribution in [3.63, 3.8) is 0 Å². The Balaban J connectivity index is 0.000000324. The third-order valence-electron chi connectivity index (χ3n) is 6.76. The standard InChI is InChI=1S/C23H25N7O2.C8H14N2O/c24-21(17-3-1-16(2-4-17)13-30-9-11-32-12-10-30)20-22(25)26-14-27-23(20)29-19-7-5-18(6-8-19)28-15-31;1-8(2,3)6-5-7(9-4)10-11-6/h1-8,14-15,24H,9-13H2,(H,28,31)(H3,25,26,27,29);5H,1-4H3,(H,9,10). The number of nitrogen functional groups attached to an aromatic ring is 1. The molecule has 0 saturated carbocycles. The molecule has 2 aromatic carbocycles. The lowest BCUT2D eigenvalue weighted by atomic mass is 9.93. The number of nitrogens with one attached hydrogen (secondary N) is 4. The van der Waals surface area contributed by atoms with Crippen LogP contribution in [0.25, 0.3) is 0 Å². The van der Waals surface area contributed by atoms with Gasteiger partial charge in [-0.25, -0.2) is 9.97 Å². The van der Waals surface area contributed by atoms with E-state index in [4.69, 9.17) is 20.4 Å². The quantitative estimate of drug-likeness (QED) is 0.138. The number of rotatable bonds is 9. The lowest BCUT2D eigenvalue weighted by molar-refractivity contribution is -0.105. The van der Waals surface area contributed by atoms with Gasteiger partial charge in [0.2, 0.25) is 6.41 Å². The molecular weight excluding hydrogens is 546 g/mol. The zero-order valence-corrected chi connectivity index (χ0v) is 25.0. The predicted octanol–water partition coefficient (Wildman–Crippen LogP) is 4.63. The largest absolute Gasteiger partial charge is 0.383 e. The lowest BCUT2D eigenvalue weighted by Gasteiger charge is -2.26. The van der Waals surface area contributed by atoms with Gasteiger partial charge in [0.15, 0.2) is 5.82 Å². The van der Waals surface area contributed by atoms with E-state index in [1.807, 2.05) is 37.4 Å². The monoisotopic (exact) mass is 585 g/mol. The number of anilines is 5. The summed E-state index contributed by atoms with van der Waals surface area (Å²) in [7, 11) is 1.82. The Morgan fingerprint density at radius 3 is 2.30 bits per heavy atom.